The van der Waals surface area contributed by atoms with Crippen molar-refractivity contribution < 1.29 is 4.79 Å². The fourth-order valence-electron chi connectivity index (χ4n) is 3.57. The van der Waals surface area contributed by atoms with Crippen LogP contribution in [-0.2, 0) is 11.3 Å². The Morgan fingerprint density at radius 3 is 2.96 bits per heavy atom. The van der Waals surface area contributed by atoms with E-state index in [9.17, 15) is 9.59 Å². The number of nitrogens with one attached hydrogen (secondary N) is 1. The number of aromatic nitrogens is 3. The van der Waals surface area contributed by atoms with Gasteiger partial charge in [0, 0.05) is 32.4 Å². The van der Waals surface area contributed by atoms with E-state index in [1.165, 1.54) is 0 Å². The molecule has 0 spiro atoms. The van der Waals surface area contributed by atoms with Gasteiger partial charge in [0.1, 0.15) is 5.52 Å². The Morgan fingerprint density at radius 2 is 2.22 bits per heavy atom. The number of carbonyl (C=O) groups is 1. The van der Waals surface area contributed by atoms with Crippen molar-refractivity contribution in [1.29, 1.82) is 0 Å². The quantitative estimate of drug-likeness (QED) is 0.842. The Morgan fingerprint density at radius 1 is 1.41 bits per heavy atom. The Hall–Kier alpha value is -2.44. The third-order valence-electron chi connectivity index (χ3n) is 5.11. The summed E-state index contributed by atoms with van der Waals surface area (Å²) in [6.07, 6.45) is 4.37. The average molecular weight is 371 g/mol. The van der Waals surface area contributed by atoms with Gasteiger partial charge in [-0.15, -0.1) is 0 Å². The average Bonchev–Trinajstić information content (AvgIpc) is 2.67. The van der Waals surface area contributed by atoms with Gasteiger partial charge in [-0.2, -0.15) is 0 Å². The minimum Gasteiger partial charge on any atom is -0.356 e. The van der Waals surface area contributed by atoms with Crippen LogP contribution in [0.25, 0.3) is 11.2 Å². The first-order chi connectivity index (χ1) is 13.0. The van der Waals surface area contributed by atoms with E-state index in [0.29, 0.717) is 42.5 Å². The van der Waals surface area contributed by atoms with Crippen molar-refractivity contribution in [2.24, 2.45) is 11.8 Å². The van der Waals surface area contributed by atoms with Crippen LogP contribution in [0.3, 0.4) is 0 Å². The molecule has 1 fully saturated rings. The van der Waals surface area contributed by atoms with E-state index in [1.54, 1.807) is 10.8 Å². The molecule has 0 aromatic carbocycles. The van der Waals surface area contributed by atoms with Crippen LogP contribution in [0.1, 0.15) is 40.0 Å². The molecule has 2 aromatic rings. The summed E-state index contributed by atoms with van der Waals surface area (Å²) in [4.78, 5) is 36.3. The predicted octanol–water partition coefficient (Wildman–Crippen LogP) is 2.19. The van der Waals surface area contributed by atoms with Gasteiger partial charge in [0.25, 0.3) is 5.56 Å². The summed E-state index contributed by atoms with van der Waals surface area (Å²) in [5.74, 6) is 0.971. The van der Waals surface area contributed by atoms with E-state index in [4.69, 9.17) is 0 Å². The van der Waals surface area contributed by atoms with E-state index in [1.807, 2.05) is 24.0 Å². The molecule has 1 N–H and O–H groups in total. The lowest BCUT2D eigenvalue weighted by Gasteiger charge is -2.32. The first kappa shape index (κ1) is 19.3. The zero-order valence-electron chi connectivity index (χ0n) is 16.4. The normalized spacial score (nSPS) is 17.5. The number of hydrogen-bond acceptors (Lipinski definition) is 5. The summed E-state index contributed by atoms with van der Waals surface area (Å²) in [5.41, 5.74) is 1.18. The minimum absolute atomic E-state index is 0.0821. The summed E-state index contributed by atoms with van der Waals surface area (Å²) in [7, 11) is 0. The SMILES string of the molecule is CCn1c(=O)c(N2CCCC(C(=O)NCCC(C)C)C2)nc2cccnc21. The van der Waals surface area contributed by atoms with Crippen LogP contribution >= 0.6 is 0 Å². The molecule has 7 heteroatoms. The van der Waals surface area contributed by atoms with Crippen LogP contribution < -0.4 is 15.8 Å². The van der Waals surface area contributed by atoms with Crippen LogP contribution in [0.2, 0.25) is 0 Å². The second kappa shape index (κ2) is 8.50. The van der Waals surface area contributed by atoms with Crippen molar-refractivity contribution in [3.63, 3.8) is 0 Å². The Labute approximate surface area is 159 Å². The third kappa shape index (κ3) is 4.28. The number of aryl methyl sites for hydroxylation is 1. The lowest BCUT2D eigenvalue weighted by molar-refractivity contribution is -0.125. The van der Waals surface area contributed by atoms with E-state index in [2.05, 4.69) is 29.1 Å². The second-order valence-corrected chi connectivity index (χ2v) is 7.59. The van der Waals surface area contributed by atoms with E-state index in [-0.39, 0.29) is 17.4 Å². The first-order valence-electron chi connectivity index (χ1n) is 9.89. The molecule has 1 aliphatic rings. The topological polar surface area (TPSA) is 80.1 Å². The van der Waals surface area contributed by atoms with Crippen LogP contribution in [-0.4, -0.2) is 40.1 Å². The van der Waals surface area contributed by atoms with Crippen molar-refractivity contribution in [2.75, 3.05) is 24.5 Å². The highest BCUT2D eigenvalue weighted by Gasteiger charge is 2.28. The Kier molecular flexibility index (Phi) is 6.08. The standard InChI is InChI=1S/C20H29N5O2/c1-4-25-17-16(8-5-10-21-17)23-18(20(25)27)24-12-6-7-15(13-24)19(26)22-11-9-14(2)3/h5,8,10,14-15H,4,6-7,9,11-13H2,1-3H3,(H,22,26). The van der Waals surface area contributed by atoms with Gasteiger partial charge >= 0.3 is 0 Å². The van der Waals surface area contributed by atoms with Gasteiger partial charge in [0.2, 0.25) is 5.91 Å². The molecule has 1 atom stereocenters. The molecule has 27 heavy (non-hydrogen) atoms. The van der Waals surface area contributed by atoms with Crippen LogP contribution in [0.15, 0.2) is 23.1 Å². The number of rotatable bonds is 6. The van der Waals surface area contributed by atoms with Crippen LogP contribution in [0, 0.1) is 11.8 Å². The molecule has 2 aromatic heterocycles. The zero-order valence-corrected chi connectivity index (χ0v) is 16.4. The van der Waals surface area contributed by atoms with Crippen molar-refractivity contribution in [3.8, 4) is 0 Å². The van der Waals surface area contributed by atoms with Gasteiger partial charge in [0.05, 0.1) is 5.92 Å². The maximum absolute atomic E-state index is 13.0. The number of hydrogen-bond donors (Lipinski definition) is 1. The molecule has 1 unspecified atom stereocenters. The number of carbonyl (C=O) groups excluding carboxylic acids is 1. The molecule has 0 radical (unpaired) electrons. The fraction of sp³-hybridized carbons (Fsp3) is 0.600. The van der Waals surface area contributed by atoms with Gasteiger partial charge < -0.3 is 10.2 Å². The lowest BCUT2D eigenvalue weighted by Crippen LogP contribution is -2.45. The number of pyridine rings is 1. The maximum atomic E-state index is 13.0. The summed E-state index contributed by atoms with van der Waals surface area (Å²) >= 11 is 0. The highest BCUT2D eigenvalue weighted by atomic mass is 16.2. The Balaban J connectivity index is 1.81. The molecule has 0 aliphatic carbocycles. The smallest absolute Gasteiger partial charge is 0.295 e. The van der Waals surface area contributed by atoms with Crippen LogP contribution in [0.5, 0.6) is 0 Å². The van der Waals surface area contributed by atoms with E-state index in [0.717, 1.165) is 25.8 Å². The highest BCUT2D eigenvalue weighted by molar-refractivity contribution is 5.79. The first-order valence-corrected chi connectivity index (χ1v) is 9.89. The Bertz CT molecular complexity index is 861. The van der Waals surface area contributed by atoms with Gasteiger partial charge in [0.15, 0.2) is 11.5 Å². The van der Waals surface area contributed by atoms with Crippen molar-refractivity contribution in [3.05, 3.63) is 28.7 Å². The van der Waals surface area contributed by atoms with Crippen LogP contribution in [0.4, 0.5) is 5.82 Å². The van der Waals surface area contributed by atoms with Gasteiger partial charge in [-0.25, -0.2) is 9.97 Å². The molecular formula is C20H29N5O2. The maximum Gasteiger partial charge on any atom is 0.295 e. The summed E-state index contributed by atoms with van der Waals surface area (Å²) in [5, 5.41) is 3.04. The van der Waals surface area contributed by atoms with Crippen molar-refractivity contribution in [1.82, 2.24) is 19.9 Å². The van der Waals surface area contributed by atoms with Gasteiger partial charge in [-0.1, -0.05) is 13.8 Å². The molecule has 3 heterocycles. The summed E-state index contributed by atoms with van der Waals surface area (Å²) in [6.45, 7) is 8.74. The molecule has 0 saturated carbocycles. The predicted molar refractivity (Wildman–Crippen MR) is 107 cm³/mol. The fourth-order valence-corrected chi connectivity index (χ4v) is 3.57. The monoisotopic (exact) mass is 371 g/mol. The van der Waals surface area contributed by atoms with E-state index < -0.39 is 0 Å². The van der Waals surface area contributed by atoms with Crippen molar-refractivity contribution in [2.45, 2.75) is 46.6 Å². The molecule has 1 saturated heterocycles. The molecule has 1 amide bonds. The number of fused-ring (bicyclic) bond motifs is 1. The lowest BCUT2D eigenvalue weighted by atomic mass is 9.97. The zero-order chi connectivity index (χ0) is 19.4. The molecule has 0 bridgehead atoms. The molecule has 3 rings (SSSR count). The van der Waals surface area contributed by atoms with E-state index >= 15 is 0 Å². The molecular weight excluding hydrogens is 342 g/mol. The molecule has 146 valence electrons. The number of amides is 1. The number of nitrogens with zero attached hydrogens (tertiary/aromatic N) is 4. The highest BCUT2D eigenvalue weighted by Crippen LogP contribution is 2.21. The number of anilines is 1. The van der Waals surface area contributed by atoms with Gasteiger partial charge in [-0.05, 0) is 44.2 Å². The van der Waals surface area contributed by atoms with Gasteiger partial charge in [-0.3, -0.25) is 14.2 Å². The minimum atomic E-state index is -0.135. The molecule has 1 aliphatic heterocycles. The summed E-state index contributed by atoms with van der Waals surface area (Å²) < 4.78 is 1.66. The second-order valence-electron chi connectivity index (χ2n) is 7.59. The van der Waals surface area contributed by atoms with Crippen molar-refractivity contribution >= 4 is 22.9 Å². The summed E-state index contributed by atoms with van der Waals surface area (Å²) in [6, 6.07) is 3.70. The largest absolute Gasteiger partial charge is 0.356 e. The number of piperidine rings is 1. The third-order valence-corrected chi connectivity index (χ3v) is 5.11. The molecule has 7 nitrogen and oxygen atoms in total.